The molecular formula is C16H25ClN2O2. The number of ether oxygens (including phenoxy) is 1. The molecule has 1 aliphatic heterocycles. The Kier molecular flexibility index (Phi) is 7.54. The molecule has 1 heterocycles. The Labute approximate surface area is 133 Å². The van der Waals surface area contributed by atoms with Crippen LogP contribution >= 0.6 is 12.4 Å². The molecule has 2 rings (SSSR count). The van der Waals surface area contributed by atoms with Gasteiger partial charge < -0.3 is 15.4 Å². The van der Waals surface area contributed by atoms with Gasteiger partial charge in [0.2, 0.25) is 5.91 Å². The lowest BCUT2D eigenvalue weighted by atomic mass is 10.0. The molecule has 1 aliphatic rings. The quantitative estimate of drug-likeness (QED) is 0.848. The Hall–Kier alpha value is -1.26. The number of benzene rings is 1. The third kappa shape index (κ3) is 6.36. The van der Waals surface area contributed by atoms with Crippen LogP contribution in [0.4, 0.5) is 5.69 Å². The van der Waals surface area contributed by atoms with Crippen molar-refractivity contribution in [2.75, 3.05) is 25.0 Å². The third-order valence-electron chi connectivity index (χ3n) is 3.34. The molecule has 1 aromatic rings. The summed E-state index contributed by atoms with van der Waals surface area (Å²) in [6, 6.07) is 7.60. The predicted molar refractivity (Wildman–Crippen MR) is 88.2 cm³/mol. The van der Waals surface area contributed by atoms with Crippen LogP contribution in [-0.2, 0) is 4.79 Å². The summed E-state index contributed by atoms with van der Waals surface area (Å²) in [7, 11) is 0. The van der Waals surface area contributed by atoms with E-state index in [9.17, 15) is 4.79 Å². The molecule has 1 unspecified atom stereocenters. The molecule has 0 aromatic heterocycles. The Balaban J connectivity index is 0.00000220. The number of amides is 1. The summed E-state index contributed by atoms with van der Waals surface area (Å²) < 4.78 is 5.66. The molecule has 21 heavy (non-hydrogen) atoms. The van der Waals surface area contributed by atoms with E-state index in [-0.39, 0.29) is 18.3 Å². The van der Waals surface area contributed by atoms with Gasteiger partial charge in [-0.3, -0.25) is 4.79 Å². The lowest BCUT2D eigenvalue weighted by Gasteiger charge is -2.12. The molecule has 0 aliphatic carbocycles. The van der Waals surface area contributed by atoms with E-state index in [4.69, 9.17) is 4.74 Å². The van der Waals surface area contributed by atoms with Crippen molar-refractivity contribution in [3.05, 3.63) is 24.3 Å². The summed E-state index contributed by atoms with van der Waals surface area (Å²) in [5.41, 5.74) is 0.808. The van der Waals surface area contributed by atoms with Crippen molar-refractivity contribution in [1.82, 2.24) is 5.32 Å². The van der Waals surface area contributed by atoms with Crippen molar-refractivity contribution >= 4 is 24.0 Å². The summed E-state index contributed by atoms with van der Waals surface area (Å²) in [5, 5.41) is 6.23. The van der Waals surface area contributed by atoms with Gasteiger partial charge >= 0.3 is 0 Å². The second-order valence-electron chi connectivity index (χ2n) is 5.84. The molecule has 0 spiro atoms. The Morgan fingerprint density at radius 3 is 2.95 bits per heavy atom. The van der Waals surface area contributed by atoms with Crippen LogP contribution in [0, 0.1) is 11.8 Å². The van der Waals surface area contributed by atoms with Crippen LogP contribution in [0.3, 0.4) is 0 Å². The molecule has 0 bridgehead atoms. The fraction of sp³-hybridized carbons (Fsp3) is 0.562. The highest BCUT2D eigenvalue weighted by Gasteiger charge is 2.18. The van der Waals surface area contributed by atoms with Crippen LogP contribution in [0.5, 0.6) is 5.75 Å². The molecule has 1 fully saturated rings. The molecule has 2 N–H and O–H groups in total. The minimum atomic E-state index is 0. The van der Waals surface area contributed by atoms with E-state index in [1.165, 1.54) is 0 Å². The van der Waals surface area contributed by atoms with Crippen molar-refractivity contribution in [3.8, 4) is 5.75 Å². The molecule has 4 nitrogen and oxygen atoms in total. The van der Waals surface area contributed by atoms with Gasteiger partial charge in [0.15, 0.2) is 0 Å². The second-order valence-corrected chi connectivity index (χ2v) is 5.84. The van der Waals surface area contributed by atoms with Crippen molar-refractivity contribution in [1.29, 1.82) is 0 Å². The normalized spacial score (nSPS) is 17.4. The van der Waals surface area contributed by atoms with Crippen molar-refractivity contribution in [2.45, 2.75) is 26.7 Å². The first-order valence-electron chi connectivity index (χ1n) is 7.37. The van der Waals surface area contributed by atoms with E-state index in [0.29, 0.717) is 24.9 Å². The largest absolute Gasteiger partial charge is 0.493 e. The molecule has 1 aromatic carbocycles. The number of halogens is 1. The maximum absolute atomic E-state index is 12.0. The first-order valence-corrected chi connectivity index (χ1v) is 7.37. The summed E-state index contributed by atoms with van der Waals surface area (Å²) in [5.74, 6) is 1.84. The van der Waals surface area contributed by atoms with Gasteiger partial charge in [0, 0.05) is 18.2 Å². The summed E-state index contributed by atoms with van der Waals surface area (Å²) in [6.07, 6.45) is 1.68. The van der Waals surface area contributed by atoms with Crippen molar-refractivity contribution < 1.29 is 9.53 Å². The Bertz CT molecular complexity index is 446. The maximum Gasteiger partial charge on any atom is 0.224 e. The lowest BCUT2D eigenvalue weighted by molar-refractivity contribution is -0.116. The van der Waals surface area contributed by atoms with Gasteiger partial charge in [0.1, 0.15) is 5.75 Å². The second kappa shape index (κ2) is 8.90. The molecule has 0 saturated carbocycles. The minimum absolute atomic E-state index is 0. The zero-order valence-corrected chi connectivity index (χ0v) is 13.5. The Morgan fingerprint density at radius 1 is 1.48 bits per heavy atom. The van der Waals surface area contributed by atoms with Gasteiger partial charge in [-0.15, -0.1) is 12.4 Å². The van der Waals surface area contributed by atoms with Gasteiger partial charge in [0.05, 0.1) is 6.61 Å². The molecule has 1 amide bonds. The van der Waals surface area contributed by atoms with Crippen LogP contribution < -0.4 is 15.4 Å². The minimum Gasteiger partial charge on any atom is -0.493 e. The first kappa shape index (κ1) is 17.8. The average Bonchev–Trinajstić information content (AvgIpc) is 2.89. The monoisotopic (exact) mass is 312 g/mol. The number of hydrogen-bond donors (Lipinski definition) is 2. The van der Waals surface area contributed by atoms with E-state index >= 15 is 0 Å². The predicted octanol–water partition coefficient (Wildman–Crippen LogP) is 3.08. The third-order valence-corrected chi connectivity index (χ3v) is 3.34. The van der Waals surface area contributed by atoms with Crippen LogP contribution in [0.15, 0.2) is 24.3 Å². The smallest absolute Gasteiger partial charge is 0.224 e. The number of anilines is 1. The van der Waals surface area contributed by atoms with E-state index in [1.54, 1.807) is 0 Å². The van der Waals surface area contributed by atoms with Gasteiger partial charge in [0.25, 0.3) is 0 Å². The molecule has 118 valence electrons. The maximum atomic E-state index is 12.0. The number of nitrogens with one attached hydrogen (secondary N) is 2. The van der Waals surface area contributed by atoms with Gasteiger partial charge in [-0.1, -0.05) is 19.9 Å². The fourth-order valence-electron chi connectivity index (χ4n) is 2.29. The number of hydrogen-bond acceptors (Lipinski definition) is 3. The molecule has 0 radical (unpaired) electrons. The lowest BCUT2D eigenvalue weighted by Crippen LogP contribution is -2.18. The zero-order valence-electron chi connectivity index (χ0n) is 12.7. The van der Waals surface area contributed by atoms with E-state index in [0.717, 1.165) is 30.9 Å². The molecule has 1 atom stereocenters. The molecule has 1 saturated heterocycles. The SMILES string of the molecule is CC(C)COc1cccc(NC(=O)CC2CCNC2)c1.Cl. The van der Waals surface area contributed by atoms with Gasteiger partial charge in [-0.05, 0) is 43.5 Å². The summed E-state index contributed by atoms with van der Waals surface area (Å²) in [4.78, 5) is 12.0. The number of carbonyl (C=O) groups excluding carboxylic acids is 1. The van der Waals surface area contributed by atoms with Gasteiger partial charge in [-0.2, -0.15) is 0 Å². The highest BCUT2D eigenvalue weighted by Crippen LogP contribution is 2.19. The summed E-state index contributed by atoms with van der Waals surface area (Å²) in [6.45, 7) is 6.88. The zero-order chi connectivity index (χ0) is 14.4. The highest BCUT2D eigenvalue weighted by atomic mass is 35.5. The standard InChI is InChI=1S/C16H24N2O2.ClH/c1-12(2)11-20-15-5-3-4-14(9-15)18-16(19)8-13-6-7-17-10-13;/h3-5,9,12-13,17H,6-8,10-11H2,1-2H3,(H,18,19);1H. The Morgan fingerprint density at radius 2 is 2.29 bits per heavy atom. The van der Waals surface area contributed by atoms with Crippen LogP contribution in [0.2, 0.25) is 0 Å². The van der Waals surface area contributed by atoms with Crippen LogP contribution in [0.1, 0.15) is 26.7 Å². The fourth-order valence-corrected chi connectivity index (χ4v) is 2.29. The van der Waals surface area contributed by atoms with Crippen molar-refractivity contribution in [2.24, 2.45) is 11.8 Å². The number of rotatable bonds is 6. The van der Waals surface area contributed by atoms with Gasteiger partial charge in [-0.25, -0.2) is 0 Å². The molecular weight excluding hydrogens is 288 g/mol. The van der Waals surface area contributed by atoms with Crippen LogP contribution in [-0.4, -0.2) is 25.6 Å². The molecule has 5 heteroatoms. The number of carbonyl (C=O) groups is 1. The highest BCUT2D eigenvalue weighted by molar-refractivity contribution is 5.91. The topological polar surface area (TPSA) is 50.4 Å². The first-order chi connectivity index (χ1) is 9.63. The average molecular weight is 313 g/mol. The van der Waals surface area contributed by atoms with Crippen molar-refractivity contribution in [3.63, 3.8) is 0 Å². The van der Waals surface area contributed by atoms with E-state index in [2.05, 4.69) is 24.5 Å². The van der Waals surface area contributed by atoms with Crippen LogP contribution in [0.25, 0.3) is 0 Å². The summed E-state index contributed by atoms with van der Waals surface area (Å²) >= 11 is 0. The van der Waals surface area contributed by atoms with E-state index < -0.39 is 0 Å². The van der Waals surface area contributed by atoms with E-state index in [1.807, 2.05) is 24.3 Å².